The van der Waals surface area contributed by atoms with E-state index in [0.29, 0.717) is 0 Å². The molecule has 0 saturated carbocycles. The van der Waals surface area contributed by atoms with Crippen molar-refractivity contribution in [1.82, 2.24) is 9.13 Å². The molecule has 0 aliphatic heterocycles. The van der Waals surface area contributed by atoms with Gasteiger partial charge in [-0.25, -0.2) is 0 Å². The predicted octanol–water partition coefficient (Wildman–Crippen LogP) is 25.2. The van der Waals surface area contributed by atoms with E-state index in [4.69, 9.17) is 11.6 Å². The molecule has 18 aromatic rings. The first kappa shape index (κ1) is 55.3. The second-order valence-electron chi connectivity index (χ2n) is 22.6. The molecule has 0 saturated heterocycles. The molecule has 0 fully saturated rings. The fraction of sp³-hybridized carbons (Fsp3) is 0. The van der Waals surface area contributed by atoms with Crippen molar-refractivity contribution in [3.05, 3.63) is 345 Å². The van der Waals surface area contributed by atoms with E-state index < -0.39 is 0 Å². The molecule has 0 atom stereocenters. The number of fused-ring (bicyclic) bond motifs is 12. The maximum absolute atomic E-state index is 6.71. The highest BCUT2D eigenvalue weighted by molar-refractivity contribution is 7.26. The lowest BCUT2D eigenvalue weighted by atomic mass is 9.98. The van der Waals surface area contributed by atoms with Crippen LogP contribution in [0.4, 0.5) is 28.4 Å². The van der Waals surface area contributed by atoms with Crippen molar-refractivity contribution in [3.63, 3.8) is 0 Å². The lowest BCUT2D eigenvalue weighted by molar-refractivity contribution is 1.18. The summed E-state index contributed by atoms with van der Waals surface area (Å²) in [6.07, 6.45) is 0. The topological polar surface area (TPSA) is 25.1 Å². The van der Waals surface area contributed by atoms with Gasteiger partial charge >= 0.3 is 0 Å². The molecule has 0 unspecified atom stereocenters. The van der Waals surface area contributed by atoms with E-state index in [0.717, 1.165) is 61.5 Å². The number of rotatable bonds is 9. The number of hydrogen-bond acceptors (Lipinski definition) is 4. The summed E-state index contributed by atoms with van der Waals surface area (Å²) < 4.78 is 9.99. The smallest absolute Gasteiger partial charge is 0.0562 e. The van der Waals surface area contributed by atoms with Gasteiger partial charge in [0.15, 0.2) is 0 Å². The molecular formula is C84H57ClN4S2. The number of nitrogens with one attached hydrogen (secondary N) is 1. The fourth-order valence-electron chi connectivity index (χ4n) is 12.9. The highest BCUT2D eigenvalue weighted by atomic mass is 35.5. The van der Waals surface area contributed by atoms with Crippen LogP contribution in [-0.4, -0.2) is 9.13 Å². The minimum absolute atomic E-state index is 0.767. The minimum Gasteiger partial charge on any atom is -0.356 e. The molecule has 0 aliphatic rings. The molecule has 0 spiro atoms. The van der Waals surface area contributed by atoms with Crippen LogP contribution in [0.15, 0.2) is 340 Å². The summed E-state index contributed by atoms with van der Waals surface area (Å²) in [5.41, 5.74) is 17.2. The van der Waals surface area contributed by atoms with Crippen LogP contribution in [0.1, 0.15) is 0 Å². The molecule has 432 valence electrons. The normalized spacial score (nSPS) is 11.4. The average Bonchev–Trinajstić information content (AvgIpc) is 1.68. The van der Waals surface area contributed by atoms with Crippen LogP contribution < -0.4 is 10.2 Å². The van der Waals surface area contributed by atoms with E-state index in [1.807, 2.05) is 65.1 Å². The fourth-order valence-corrected chi connectivity index (χ4v) is 15.4. The van der Waals surface area contributed by atoms with Crippen molar-refractivity contribution in [1.29, 1.82) is 0 Å². The maximum Gasteiger partial charge on any atom is 0.0562 e. The summed E-state index contributed by atoms with van der Waals surface area (Å²) in [4.78, 5) is 2.43. The Balaban J connectivity index is 0.000000121. The second kappa shape index (κ2) is 24.2. The molecule has 0 radical (unpaired) electrons. The average molecular weight is 1220 g/mol. The summed E-state index contributed by atoms with van der Waals surface area (Å²) in [5, 5.41) is 14.4. The van der Waals surface area contributed by atoms with Crippen molar-refractivity contribution >= 4 is 147 Å². The molecule has 4 nitrogen and oxygen atoms in total. The first-order valence-electron chi connectivity index (χ1n) is 30.6. The summed E-state index contributed by atoms with van der Waals surface area (Å²) in [7, 11) is 0. The number of anilines is 5. The Bertz CT molecular complexity index is 5630. The molecule has 0 amide bonds. The van der Waals surface area contributed by atoms with Crippen molar-refractivity contribution in [3.8, 4) is 33.6 Å². The SMILES string of the molecule is Clc1cc2c(cc1-c1ccccc1)c1ccccc1n2-c1ccccc1.c1ccc(-c2cc3c4ccccc4n(-c4ccccc4)c3cc2N(c2ccccc2)c2ccc3sc4ccccc4c3c2)cc1.c1ccc(Nc2ccc3sc4ccccc4c3c2)cc1. The number of benzene rings is 14. The summed E-state index contributed by atoms with van der Waals surface area (Å²) in [6, 6.07) is 120. The highest BCUT2D eigenvalue weighted by Gasteiger charge is 2.23. The standard InChI is InChI=1S/C42H28N2S.C24H16ClN.C18H13NS/c1-4-14-29(15-5-1)35-27-36-33-20-10-12-22-38(33)44(31-18-8-3-9-19-31)40(36)28-39(35)43(30-16-6-2-7-17-30)32-24-25-42-37(26-32)34-21-11-13-23-41(34)45-42;25-22-16-24-21(15-20(22)17-9-3-1-4-10-17)19-13-7-8-14-23(19)26(24)18-11-5-2-6-12-18;1-2-6-13(7-3-1)19-14-10-11-18-16(12-14)15-8-4-5-9-17(15)20-18/h1-28H;1-16H;1-12,19H. The van der Waals surface area contributed by atoms with Crippen LogP contribution in [0.25, 0.3) is 118 Å². The van der Waals surface area contributed by atoms with Gasteiger partial charge in [-0.1, -0.05) is 218 Å². The van der Waals surface area contributed by atoms with Gasteiger partial charge < -0.3 is 19.4 Å². The number of thiophene rings is 2. The van der Waals surface area contributed by atoms with Gasteiger partial charge in [0.25, 0.3) is 0 Å². The molecule has 4 aromatic heterocycles. The number of hydrogen-bond donors (Lipinski definition) is 1. The van der Waals surface area contributed by atoms with Crippen LogP contribution in [0, 0.1) is 0 Å². The Hall–Kier alpha value is -11.0. The lowest BCUT2D eigenvalue weighted by Crippen LogP contribution is -2.11. The molecule has 0 aliphatic carbocycles. The molecule has 4 heterocycles. The third-order valence-electron chi connectivity index (χ3n) is 17.1. The molecule has 18 rings (SSSR count). The summed E-state index contributed by atoms with van der Waals surface area (Å²) in [6.45, 7) is 0. The van der Waals surface area contributed by atoms with Crippen molar-refractivity contribution in [2.24, 2.45) is 0 Å². The summed E-state index contributed by atoms with van der Waals surface area (Å²) >= 11 is 10.4. The Labute approximate surface area is 540 Å². The Morgan fingerprint density at radius 2 is 0.692 bits per heavy atom. The number of nitrogens with zero attached hydrogens (tertiary/aromatic N) is 3. The van der Waals surface area contributed by atoms with Crippen LogP contribution in [0.3, 0.4) is 0 Å². The second-order valence-corrected chi connectivity index (χ2v) is 25.2. The van der Waals surface area contributed by atoms with Crippen LogP contribution in [0.5, 0.6) is 0 Å². The third-order valence-corrected chi connectivity index (χ3v) is 19.7. The molecule has 14 aromatic carbocycles. The van der Waals surface area contributed by atoms with Crippen LogP contribution in [0.2, 0.25) is 5.02 Å². The minimum atomic E-state index is 0.767. The van der Waals surface area contributed by atoms with Gasteiger partial charge in [-0.15, -0.1) is 22.7 Å². The zero-order valence-corrected chi connectivity index (χ0v) is 51.8. The Morgan fingerprint density at radius 1 is 0.275 bits per heavy atom. The highest BCUT2D eigenvalue weighted by Crippen LogP contribution is 2.48. The zero-order chi connectivity index (χ0) is 60.6. The van der Waals surface area contributed by atoms with E-state index in [-0.39, 0.29) is 0 Å². The van der Waals surface area contributed by atoms with Crippen LogP contribution in [-0.2, 0) is 0 Å². The van der Waals surface area contributed by atoms with Crippen molar-refractivity contribution < 1.29 is 0 Å². The van der Waals surface area contributed by atoms with Gasteiger partial charge in [0.1, 0.15) is 0 Å². The van der Waals surface area contributed by atoms with Crippen LogP contribution >= 0.6 is 34.3 Å². The van der Waals surface area contributed by atoms with Gasteiger partial charge in [0, 0.05) is 107 Å². The Kier molecular flexibility index (Phi) is 14.7. The first-order chi connectivity index (χ1) is 45.1. The van der Waals surface area contributed by atoms with Crippen molar-refractivity contribution in [2.45, 2.75) is 0 Å². The van der Waals surface area contributed by atoms with E-state index in [2.05, 4.69) is 317 Å². The van der Waals surface area contributed by atoms with Gasteiger partial charge in [-0.05, 0) is 145 Å². The molecule has 91 heavy (non-hydrogen) atoms. The number of aromatic nitrogens is 2. The third kappa shape index (κ3) is 10.5. The Morgan fingerprint density at radius 3 is 1.25 bits per heavy atom. The quantitative estimate of drug-likeness (QED) is 0.156. The van der Waals surface area contributed by atoms with Crippen molar-refractivity contribution in [2.75, 3.05) is 10.2 Å². The van der Waals surface area contributed by atoms with Gasteiger partial charge in [0.05, 0.1) is 32.8 Å². The van der Waals surface area contributed by atoms with E-state index in [9.17, 15) is 0 Å². The zero-order valence-electron chi connectivity index (χ0n) is 49.4. The molecular weight excluding hydrogens is 1160 g/mol. The van der Waals surface area contributed by atoms with Gasteiger partial charge in [-0.3, -0.25) is 0 Å². The largest absolute Gasteiger partial charge is 0.356 e. The molecule has 7 heteroatoms. The van der Waals surface area contributed by atoms with Gasteiger partial charge in [0.2, 0.25) is 0 Å². The molecule has 0 bridgehead atoms. The van der Waals surface area contributed by atoms with E-state index in [1.165, 1.54) is 89.6 Å². The van der Waals surface area contributed by atoms with E-state index in [1.54, 1.807) is 0 Å². The predicted molar refractivity (Wildman–Crippen MR) is 394 cm³/mol. The number of halogens is 1. The number of para-hydroxylation sites is 6. The summed E-state index contributed by atoms with van der Waals surface area (Å²) in [5.74, 6) is 0. The molecule has 1 N–H and O–H groups in total. The van der Waals surface area contributed by atoms with E-state index >= 15 is 0 Å². The monoisotopic (exact) mass is 1220 g/mol. The van der Waals surface area contributed by atoms with Gasteiger partial charge in [-0.2, -0.15) is 0 Å². The lowest BCUT2D eigenvalue weighted by Gasteiger charge is -2.28. The first-order valence-corrected chi connectivity index (χ1v) is 32.6. The maximum atomic E-state index is 6.71.